The van der Waals surface area contributed by atoms with E-state index in [2.05, 4.69) is 6.58 Å². The summed E-state index contributed by atoms with van der Waals surface area (Å²) >= 11 is 0. The molecule has 0 atom stereocenters. The molecule has 4 heteroatoms. The Kier molecular flexibility index (Phi) is 3.57. The van der Waals surface area contributed by atoms with E-state index >= 15 is 0 Å². The Morgan fingerprint density at radius 1 is 1.60 bits per heavy atom. The van der Waals surface area contributed by atoms with Crippen molar-refractivity contribution in [2.45, 2.75) is 13.3 Å². The van der Waals surface area contributed by atoms with Crippen molar-refractivity contribution < 1.29 is 4.92 Å². The van der Waals surface area contributed by atoms with Crippen molar-refractivity contribution in [1.29, 1.82) is 0 Å². The molecule has 80 valence electrons. The molecule has 0 unspecified atom stereocenters. The molecule has 1 aromatic rings. The lowest BCUT2D eigenvalue weighted by Gasteiger charge is -2.06. The predicted octanol–water partition coefficient (Wildman–Crippen LogP) is 2.27. The third-order valence-electron chi connectivity index (χ3n) is 2.18. The summed E-state index contributed by atoms with van der Waals surface area (Å²) in [5.41, 5.74) is 7.78. The zero-order valence-corrected chi connectivity index (χ0v) is 8.69. The monoisotopic (exact) mass is 206 g/mol. The maximum absolute atomic E-state index is 10.8. The Bertz CT molecular complexity index is 400. The van der Waals surface area contributed by atoms with Gasteiger partial charge in [0.05, 0.1) is 10.5 Å². The number of benzene rings is 1. The number of hydrogen-bond acceptors (Lipinski definition) is 3. The van der Waals surface area contributed by atoms with Crippen LogP contribution < -0.4 is 5.73 Å². The fourth-order valence-corrected chi connectivity index (χ4v) is 1.40. The number of nitro benzene ring substituents is 1. The van der Waals surface area contributed by atoms with E-state index in [1.165, 1.54) is 6.07 Å². The van der Waals surface area contributed by atoms with Gasteiger partial charge in [0.25, 0.3) is 5.69 Å². The molecule has 0 heterocycles. The second-order valence-corrected chi connectivity index (χ2v) is 3.42. The zero-order chi connectivity index (χ0) is 11.4. The van der Waals surface area contributed by atoms with Crippen molar-refractivity contribution in [3.63, 3.8) is 0 Å². The highest BCUT2D eigenvalue weighted by molar-refractivity contribution is 5.71. The lowest BCUT2D eigenvalue weighted by atomic mass is 10.0. The summed E-state index contributed by atoms with van der Waals surface area (Å²) < 4.78 is 0. The summed E-state index contributed by atoms with van der Waals surface area (Å²) in [4.78, 5) is 10.4. The SMILES string of the molecule is C=C(CCN)c1cc(C)ccc1[N+](=O)[O-]. The first-order valence-corrected chi connectivity index (χ1v) is 4.69. The van der Waals surface area contributed by atoms with Crippen LogP contribution in [0.5, 0.6) is 0 Å². The molecule has 0 aliphatic carbocycles. The van der Waals surface area contributed by atoms with Crippen molar-refractivity contribution in [3.05, 3.63) is 46.0 Å². The van der Waals surface area contributed by atoms with Crippen molar-refractivity contribution in [2.24, 2.45) is 5.73 Å². The first-order valence-electron chi connectivity index (χ1n) is 4.69. The second kappa shape index (κ2) is 4.70. The van der Waals surface area contributed by atoms with Gasteiger partial charge in [-0.15, -0.1) is 0 Å². The average molecular weight is 206 g/mol. The molecule has 0 aliphatic heterocycles. The van der Waals surface area contributed by atoms with Gasteiger partial charge >= 0.3 is 0 Å². The van der Waals surface area contributed by atoms with Crippen LogP contribution in [-0.2, 0) is 0 Å². The van der Waals surface area contributed by atoms with Crippen molar-refractivity contribution in [3.8, 4) is 0 Å². The molecule has 4 nitrogen and oxygen atoms in total. The minimum absolute atomic E-state index is 0.0963. The second-order valence-electron chi connectivity index (χ2n) is 3.42. The Morgan fingerprint density at radius 2 is 2.27 bits per heavy atom. The minimum atomic E-state index is -0.392. The highest BCUT2D eigenvalue weighted by atomic mass is 16.6. The van der Waals surface area contributed by atoms with Gasteiger partial charge in [-0.1, -0.05) is 18.2 Å². The summed E-state index contributed by atoms with van der Waals surface area (Å²) in [5, 5.41) is 10.8. The van der Waals surface area contributed by atoms with Crippen LogP contribution in [0.1, 0.15) is 17.5 Å². The fraction of sp³-hybridized carbons (Fsp3) is 0.273. The van der Waals surface area contributed by atoms with Crippen LogP contribution in [0.3, 0.4) is 0 Å². The Hall–Kier alpha value is -1.68. The normalized spacial score (nSPS) is 10.0. The maximum Gasteiger partial charge on any atom is 0.276 e. The van der Waals surface area contributed by atoms with E-state index in [1.54, 1.807) is 12.1 Å². The fourth-order valence-electron chi connectivity index (χ4n) is 1.40. The molecule has 0 fully saturated rings. The van der Waals surface area contributed by atoms with Gasteiger partial charge in [-0.2, -0.15) is 0 Å². The largest absolute Gasteiger partial charge is 0.330 e. The molecule has 1 rings (SSSR count). The number of nitrogens with two attached hydrogens (primary N) is 1. The third kappa shape index (κ3) is 2.63. The lowest BCUT2D eigenvalue weighted by Crippen LogP contribution is -2.01. The van der Waals surface area contributed by atoms with Gasteiger partial charge in [0.1, 0.15) is 0 Å². The van der Waals surface area contributed by atoms with E-state index in [1.807, 2.05) is 6.92 Å². The standard InChI is InChI=1S/C11H14N2O2/c1-8-3-4-11(13(14)15)10(7-8)9(2)5-6-12/h3-4,7H,2,5-6,12H2,1H3. The first kappa shape index (κ1) is 11.4. The summed E-state index contributed by atoms with van der Waals surface area (Å²) in [6.45, 7) is 6.15. The van der Waals surface area contributed by atoms with Gasteiger partial charge in [0.15, 0.2) is 0 Å². The lowest BCUT2D eigenvalue weighted by molar-refractivity contribution is -0.385. The van der Waals surface area contributed by atoms with Crippen LogP contribution in [0, 0.1) is 17.0 Å². The number of aryl methyl sites for hydroxylation is 1. The maximum atomic E-state index is 10.8. The van der Waals surface area contributed by atoms with Crippen LogP contribution >= 0.6 is 0 Å². The Morgan fingerprint density at radius 3 is 2.80 bits per heavy atom. The van der Waals surface area contributed by atoms with Crippen LogP contribution in [0.4, 0.5) is 5.69 Å². The van der Waals surface area contributed by atoms with Crippen LogP contribution in [0.2, 0.25) is 0 Å². The molecule has 0 radical (unpaired) electrons. The van der Waals surface area contributed by atoms with Crippen molar-refractivity contribution in [1.82, 2.24) is 0 Å². The Labute approximate surface area is 88.6 Å². The van der Waals surface area contributed by atoms with E-state index in [0.29, 0.717) is 24.1 Å². The summed E-state index contributed by atoms with van der Waals surface area (Å²) in [7, 11) is 0. The molecule has 0 aromatic heterocycles. The third-order valence-corrected chi connectivity index (χ3v) is 2.18. The number of nitrogens with zero attached hydrogens (tertiary/aromatic N) is 1. The number of nitro groups is 1. The van der Waals surface area contributed by atoms with E-state index in [4.69, 9.17) is 5.73 Å². The van der Waals surface area contributed by atoms with Gasteiger partial charge in [-0.3, -0.25) is 10.1 Å². The topological polar surface area (TPSA) is 69.2 Å². The number of rotatable bonds is 4. The van der Waals surface area contributed by atoms with Crippen LogP contribution in [0.25, 0.3) is 5.57 Å². The minimum Gasteiger partial charge on any atom is -0.330 e. The summed E-state index contributed by atoms with van der Waals surface area (Å²) in [5.74, 6) is 0. The molecule has 15 heavy (non-hydrogen) atoms. The molecule has 0 bridgehead atoms. The van der Waals surface area contributed by atoms with E-state index in [9.17, 15) is 10.1 Å². The summed E-state index contributed by atoms with van der Waals surface area (Å²) in [6.07, 6.45) is 0.574. The van der Waals surface area contributed by atoms with E-state index in [0.717, 1.165) is 5.56 Å². The molecular weight excluding hydrogens is 192 g/mol. The molecule has 0 saturated heterocycles. The average Bonchev–Trinajstić information content (AvgIpc) is 2.17. The molecule has 0 amide bonds. The predicted molar refractivity (Wildman–Crippen MR) is 60.5 cm³/mol. The molecule has 0 saturated carbocycles. The first-order chi connectivity index (χ1) is 7.06. The van der Waals surface area contributed by atoms with Crippen molar-refractivity contribution in [2.75, 3.05) is 6.54 Å². The zero-order valence-electron chi connectivity index (χ0n) is 8.69. The number of hydrogen-bond donors (Lipinski definition) is 1. The smallest absolute Gasteiger partial charge is 0.276 e. The highest BCUT2D eigenvalue weighted by Crippen LogP contribution is 2.27. The molecule has 0 aliphatic rings. The van der Waals surface area contributed by atoms with E-state index < -0.39 is 4.92 Å². The van der Waals surface area contributed by atoms with Gasteiger partial charge in [0, 0.05) is 6.07 Å². The molecule has 2 N–H and O–H groups in total. The van der Waals surface area contributed by atoms with Gasteiger partial charge in [-0.05, 0) is 31.5 Å². The molecular formula is C11H14N2O2. The molecule has 0 spiro atoms. The summed E-state index contributed by atoms with van der Waals surface area (Å²) in [6, 6.07) is 5.00. The highest BCUT2D eigenvalue weighted by Gasteiger charge is 2.15. The van der Waals surface area contributed by atoms with Crippen LogP contribution in [-0.4, -0.2) is 11.5 Å². The van der Waals surface area contributed by atoms with Crippen LogP contribution in [0.15, 0.2) is 24.8 Å². The van der Waals surface area contributed by atoms with Gasteiger partial charge < -0.3 is 5.73 Å². The van der Waals surface area contributed by atoms with Gasteiger partial charge in [0.2, 0.25) is 0 Å². The van der Waals surface area contributed by atoms with Crippen molar-refractivity contribution >= 4 is 11.3 Å². The van der Waals surface area contributed by atoms with E-state index in [-0.39, 0.29) is 5.69 Å². The molecule has 1 aromatic carbocycles. The van der Waals surface area contributed by atoms with Gasteiger partial charge in [-0.25, -0.2) is 0 Å². The quantitative estimate of drug-likeness (QED) is 0.606. The Balaban J connectivity index is 3.18.